The smallest absolute Gasteiger partial charge is 0.264 e. The summed E-state index contributed by atoms with van der Waals surface area (Å²) in [5.41, 5.74) is 0.478. The average molecular weight is 258 g/mol. The van der Waals surface area contributed by atoms with Crippen LogP contribution in [-0.2, 0) is 19.1 Å². The molecule has 0 spiro atoms. The van der Waals surface area contributed by atoms with Crippen LogP contribution in [0.15, 0.2) is 11.6 Å². The van der Waals surface area contributed by atoms with Crippen LogP contribution in [0.1, 0.15) is 32.6 Å². The van der Waals surface area contributed by atoms with Gasteiger partial charge in [0, 0.05) is 5.92 Å². The lowest BCUT2D eigenvalue weighted by Gasteiger charge is -2.23. The van der Waals surface area contributed by atoms with Gasteiger partial charge in [-0.3, -0.25) is 8.98 Å². The van der Waals surface area contributed by atoms with E-state index in [9.17, 15) is 13.2 Å². The fraction of sp³-hybridized carbons (Fsp3) is 0.750. The molecule has 0 amide bonds. The van der Waals surface area contributed by atoms with Crippen LogP contribution in [0.3, 0.4) is 0 Å². The Hall–Kier alpha value is -0.680. The molecular weight excluding hydrogens is 240 g/mol. The molecule has 2 aliphatic rings. The predicted octanol–water partition coefficient (Wildman–Crippen LogP) is 1.67. The molecule has 0 heterocycles. The molecule has 0 aromatic rings. The van der Waals surface area contributed by atoms with Crippen molar-refractivity contribution >= 4 is 15.9 Å². The van der Waals surface area contributed by atoms with Crippen molar-refractivity contribution in [1.82, 2.24) is 0 Å². The van der Waals surface area contributed by atoms with Gasteiger partial charge in [0.1, 0.15) is 5.78 Å². The second kappa shape index (κ2) is 4.21. The highest BCUT2D eigenvalue weighted by Gasteiger charge is 2.48. The lowest BCUT2D eigenvalue weighted by Crippen LogP contribution is -2.32. The molecule has 96 valence electrons. The van der Waals surface area contributed by atoms with Crippen molar-refractivity contribution in [2.75, 3.05) is 12.9 Å². The van der Waals surface area contributed by atoms with Gasteiger partial charge in [-0.25, -0.2) is 0 Å². The van der Waals surface area contributed by atoms with Gasteiger partial charge in [0.15, 0.2) is 0 Å². The summed E-state index contributed by atoms with van der Waals surface area (Å²) in [6.45, 7) is 1.97. The zero-order chi connectivity index (χ0) is 12.7. The minimum atomic E-state index is -3.49. The Morgan fingerprint density at radius 2 is 2.18 bits per heavy atom. The van der Waals surface area contributed by atoms with Gasteiger partial charge in [-0.15, -0.1) is 0 Å². The zero-order valence-electron chi connectivity index (χ0n) is 10.2. The molecule has 0 saturated heterocycles. The lowest BCUT2D eigenvalue weighted by molar-refractivity contribution is -0.127. The van der Waals surface area contributed by atoms with E-state index in [2.05, 4.69) is 0 Å². The van der Waals surface area contributed by atoms with Crippen LogP contribution in [0.4, 0.5) is 0 Å². The first-order valence-electron chi connectivity index (χ1n) is 5.89. The van der Waals surface area contributed by atoms with Crippen LogP contribution in [0.5, 0.6) is 0 Å². The minimum absolute atomic E-state index is 0.0293. The third-order valence-electron chi connectivity index (χ3n) is 3.74. The van der Waals surface area contributed by atoms with Gasteiger partial charge >= 0.3 is 0 Å². The Morgan fingerprint density at radius 1 is 1.47 bits per heavy atom. The summed E-state index contributed by atoms with van der Waals surface area (Å²) in [6, 6.07) is 0. The first-order chi connectivity index (χ1) is 7.82. The van der Waals surface area contributed by atoms with Crippen LogP contribution in [0, 0.1) is 11.3 Å². The summed E-state index contributed by atoms with van der Waals surface area (Å²) in [5, 5.41) is 0. The van der Waals surface area contributed by atoms with Crippen LogP contribution in [-0.4, -0.2) is 27.1 Å². The van der Waals surface area contributed by atoms with Gasteiger partial charge in [0.05, 0.1) is 18.3 Å². The molecule has 0 radical (unpaired) electrons. The Kier molecular flexibility index (Phi) is 3.16. The van der Waals surface area contributed by atoms with Crippen molar-refractivity contribution < 1.29 is 17.4 Å². The fourth-order valence-electron chi connectivity index (χ4n) is 2.85. The SMILES string of the molecule is CC1=C[C@]2(COS(C)(=O)=O)CC[C@H](CC1)C2=O. The summed E-state index contributed by atoms with van der Waals surface area (Å²) in [5.74, 6) is 0.255. The molecule has 4 nitrogen and oxygen atoms in total. The maximum absolute atomic E-state index is 12.3. The Bertz CT molecular complexity index is 463. The molecule has 2 rings (SSSR count). The summed E-state index contributed by atoms with van der Waals surface area (Å²) in [7, 11) is -3.49. The van der Waals surface area contributed by atoms with E-state index >= 15 is 0 Å². The van der Waals surface area contributed by atoms with Gasteiger partial charge in [-0.05, 0) is 32.6 Å². The van der Waals surface area contributed by atoms with Gasteiger partial charge < -0.3 is 0 Å². The molecule has 5 heteroatoms. The molecule has 0 aliphatic heterocycles. The highest BCUT2D eigenvalue weighted by molar-refractivity contribution is 7.85. The van der Waals surface area contributed by atoms with Gasteiger partial charge in [0.25, 0.3) is 10.1 Å². The first-order valence-corrected chi connectivity index (χ1v) is 7.71. The number of ketones is 1. The van der Waals surface area contributed by atoms with E-state index in [1.54, 1.807) is 0 Å². The normalized spacial score (nSPS) is 33.4. The number of carbonyl (C=O) groups excluding carboxylic acids is 1. The van der Waals surface area contributed by atoms with Crippen LogP contribution >= 0.6 is 0 Å². The molecular formula is C12H18O4S. The summed E-state index contributed by atoms with van der Waals surface area (Å²) in [6.07, 6.45) is 6.35. The van der Waals surface area contributed by atoms with Crippen LogP contribution < -0.4 is 0 Å². The molecule has 0 aromatic heterocycles. The van der Waals surface area contributed by atoms with Crippen molar-refractivity contribution in [2.24, 2.45) is 11.3 Å². The number of Topliss-reactive ketones (excluding diaryl/α,β-unsaturated/α-hetero) is 1. The van der Waals surface area contributed by atoms with Crippen molar-refractivity contribution in [2.45, 2.75) is 32.6 Å². The molecule has 2 aliphatic carbocycles. The number of fused-ring (bicyclic) bond motifs is 2. The minimum Gasteiger partial charge on any atom is -0.298 e. The summed E-state index contributed by atoms with van der Waals surface area (Å²) < 4.78 is 27.0. The fourth-order valence-corrected chi connectivity index (χ4v) is 3.28. The predicted molar refractivity (Wildman–Crippen MR) is 64.0 cm³/mol. The van der Waals surface area contributed by atoms with Crippen LogP contribution in [0.25, 0.3) is 0 Å². The second-order valence-electron chi connectivity index (χ2n) is 5.25. The van der Waals surface area contributed by atoms with E-state index in [0.717, 1.165) is 31.1 Å². The maximum atomic E-state index is 12.3. The van der Waals surface area contributed by atoms with E-state index in [4.69, 9.17) is 4.18 Å². The van der Waals surface area contributed by atoms with E-state index in [0.29, 0.717) is 6.42 Å². The average Bonchev–Trinajstić information content (AvgIpc) is 2.43. The Morgan fingerprint density at radius 3 is 2.82 bits per heavy atom. The maximum Gasteiger partial charge on any atom is 0.264 e. The molecule has 1 saturated carbocycles. The Labute approximate surface area is 102 Å². The van der Waals surface area contributed by atoms with E-state index in [-0.39, 0.29) is 18.3 Å². The molecule has 1 fully saturated rings. The quantitative estimate of drug-likeness (QED) is 0.570. The number of rotatable bonds is 3. The number of hydrogen-bond acceptors (Lipinski definition) is 4. The lowest BCUT2D eigenvalue weighted by atomic mass is 9.84. The largest absolute Gasteiger partial charge is 0.298 e. The molecule has 2 bridgehead atoms. The van der Waals surface area contributed by atoms with E-state index in [1.807, 2.05) is 13.0 Å². The molecule has 2 atom stereocenters. The van der Waals surface area contributed by atoms with E-state index in [1.165, 1.54) is 0 Å². The van der Waals surface area contributed by atoms with Crippen molar-refractivity contribution in [3.8, 4) is 0 Å². The third kappa shape index (κ3) is 2.60. The standard InChI is InChI=1S/C12H18O4S/c1-9-3-4-10-5-6-12(7-9,11(10)13)8-16-17(2,14)15/h7,10H,3-6,8H2,1-2H3/t10-,12-/m0/s1. The highest BCUT2D eigenvalue weighted by atomic mass is 32.2. The van der Waals surface area contributed by atoms with Crippen molar-refractivity contribution in [1.29, 1.82) is 0 Å². The van der Waals surface area contributed by atoms with Gasteiger partial charge in [-0.2, -0.15) is 8.42 Å². The van der Waals surface area contributed by atoms with Crippen LogP contribution in [0.2, 0.25) is 0 Å². The number of hydrogen-bond donors (Lipinski definition) is 0. The zero-order valence-corrected chi connectivity index (χ0v) is 11.0. The summed E-state index contributed by atoms with van der Waals surface area (Å²) in [4.78, 5) is 12.3. The topological polar surface area (TPSA) is 60.4 Å². The molecule has 0 unspecified atom stereocenters. The second-order valence-corrected chi connectivity index (χ2v) is 6.90. The number of allylic oxidation sites excluding steroid dienone is 1. The van der Waals surface area contributed by atoms with Gasteiger partial charge in [0.2, 0.25) is 0 Å². The monoisotopic (exact) mass is 258 g/mol. The molecule has 0 N–H and O–H groups in total. The Balaban J connectivity index is 2.26. The van der Waals surface area contributed by atoms with E-state index < -0.39 is 15.5 Å². The molecule has 17 heavy (non-hydrogen) atoms. The summed E-state index contributed by atoms with van der Waals surface area (Å²) >= 11 is 0. The molecule has 0 aromatic carbocycles. The third-order valence-corrected chi connectivity index (χ3v) is 4.29. The van der Waals surface area contributed by atoms with Crippen molar-refractivity contribution in [3.63, 3.8) is 0 Å². The number of carbonyl (C=O) groups is 1. The van der Waals surface area contributed by atoms with Crippen molar-refractivity contribution in [3.05, 3.63) is 11.6 Å². The van der Waals surface area contributed by atoms with Gasteiger partial charge in [-0.1, -0.05) is 11.6 Å². The highest BCUT2D eigenvalue weighted by Crippen LogP contribution is 2.45. The first kappa shape index (κ1) is 12.8.